The van der Waals surface area contributed by atoms with Crippen molar-refractivity contribution in [3.8, 4) is 0 Å². The van der Waals surface area contributed by atoms with E-state index in [1.165, 1.54) is 6.42 Å². The quantitative estimate of drug-likeness (QED) is 0.358. The molecule has 2 heterocycles. The third-order valence-electron chi connectivity index (χ3n) is 8.24. The van der Waals surface area contributed by atoms with Crippen molar-refractivity contribution in [2.24, 2.45) is 40.9 Å². The maximum Gasteiger partial charge on any atom is 0.317 e. The molecule has 0 radical (unpaired) electrons. The zero-order chi connectivity index (χ0) is 23.6. The zero-order valence-electron chi connectivity index (χ0n) is 20.1. The minimum absolute atomic E-state index is 0.0491. The summed E-state index contributed by atoms with van der Waals surface area (Å²) in [7, 11) is 0. The number of cyclic esters (lactones) is 3. The third kappa shape index (κ3) is 4.08. The monoisotopic (exact) mass is 448 g/mol. The second-order valence-electron chi connectivity index (χ2n) is 12.2. The highest BCUT2D eigenvalue weighted by Crippen LogP contribution is 2.58. The molecule has 4 rings (SSSR count). The van der Waals surface area contributed by atoms with Crippen LogP contribution in [0.25, 0.3) is 0 Å². The van der Waals surface area contributed by atoms with E-state index in [9.17, 15) is 19.2 Å². The summed E-state index contributed by atoms with van der Waals surface area (Å²) in [5.41, 5.74) is -2.60. The molecule has 8 unspecified atom stereocenters. The van der Waals surface area contributed by atoms with Gasteiger partial charge in [0.25, 0.3) is 0 Å². The molecule has 7 nitrogen and oxygen atoms in total. The summed E-state index contributed by atoms with van der Waals surface area (Å²) >= 11 is 0. The van der Waals surface area contributed by atoms with Crippen LogP contribution in [0.3, 0.4) is 0 Å². The first-order chi connectivity index (χ1) is 14.7. The van der Waals surface area contributed by atoms with Crippen molar-refractivity contribution in [2.75, 3.05) is 0 Å². The Morgan fingerprint density at radius 1 is 1.09 bits per heavy atom. The molecule has 4 fully saturated rings. The van der Waals surface area contributed by atoms with E-state index in [0.29, 0.717) is 17.8 Å². The first-order valence-electron chi connectivity index (χ1n) is 11.9. The minimum Gasteiger partial charge on any atom is -0.460 e. The predicted molar refractivity (Wildman–Crippen MR) is 114 cm³/mol. The molecule has 2 saturated heterocycles. The third-order valence-corrected chi connectivity index (χ3v) is 8.24. The van der Waals surface area contributed by atoms with Gasteiger partial charge in [-0.3, -0.25) is 19.2 Å². The van der Waals surface area contributed by atoms with Crippen LogP contribution in [0, 0.1) is 40.9 Å². The number of esters is 4. The standard InChI is InChI=1S/C25H36O7/c1-13-14-7-8-15(9-14)18(13)19-16(20(27)30-21(19)28)10-24(5)12-25(6,32-22(24)29)11-17(26)31-23(2,3)4/h13-16,18-19H,7-12H2,1-6H3. The lowest BCUT2D eigenvalue weighted by Crippen LogP contribution is -2.38. The van der Waals surface area contributed by atoms with Gasteiger partial charge in [-0.1, -0.05) is 6.92 Å². The van der Waals surface area contributed by atoms with Gasteiger partial charge in [-0.05, 0) is 84.0 Å². The number of hydrogen-bond acceptors (Lipinski definition) is 7. The topological polar surface area (TPSA) is 96.0 Å². The van der Waals surface area contributed by atoms with Crippen LogP contribution in [0.4, 0.5) is 0 Å². The number of carbonyl (C=O) groups excluding carboxylic acids is 4. The fourth-order valence-electron chi connectivity index (χ4n) is 7.14. The lowest BCUT2D eigenvalue weighted by molar-refractivity contribution is -0.164. The van der Waals surface area contributed by atoms with E-state index in [4.69, 9.17) is 14.2 Å². The second-order valence-corrected chi connectivity index (χ2v) is 12.2. The summed E-state index contributed by atoms with van der Waals surface area (Å²) in [6.07, 6.45) is 3.84. The number of rotatable bonds is 5. The molecule has 2 aliphatic heterocycles. The maximum absolute atomic E-state index is 13.0. The Labute approximate surface area is 189 Å². The van der Waals surface area contributed by atoms with E-state index in [1.54, 1.807) is 34.6 Å². The lowest BCUT2D eigenvalue weighted by atomic mass is 9.65. The van der Waals surface area contributed by atoms with Crippen LogP contribution in [0.1, 0.15) is 80.1 Å². The number of carbonyl (C=O) groups is 4. The van der Waals surface area contributed by atoms with Crippen LogP contribution >= 0.6 is 0 Å². The normalized spacial score (nSPS) is 43.5. The average Bonchev–Trinajstić information content (AvgIpc) is 3.31. The van der Waals surface area contributed by atoms with Crippen LogP contribution in [0.2, 0.25) is 0 Å². The summed E-state index contributed by atoms with van der Waals surface area (Å²) < 4.78 is 16.2. The van der Waals surface area contributed by atoms with Gasteiger partial charge in [0.05, 0.1) is 23.7 Å². The second kappa shape index (κ2) is 7.56. The Bertz CT molecular complexity index is 840. The van der Waals surface area contributed by atoms with E-state index in [-0.39, 0.29) is 25.2 Å². The molecule has 7 heteroatoms. The van der Waals surface area contributed by atoms with E-state index in [1.807, 2.05) is 0 Å². The van der Waals surface area contributed by atoms with Crippen molar-refractivity contribution in [1.82, 2.24) is 0 Å². The smallest absolute Gasteiger partial charge is 0.317 e. The van der Waals surface area contributed by atoms with Crippen molar-refractivity contribution in [3.05, 3.63) is 0 Å². The molecule has 2 bridgehead atoms. The first kappa shape index (κ1) is 23.2. The Morgan fingerprint density at radius 2 is 1.75 bits per heavy atom. The van der Waals surface area contributed by atoms with Crippen molar-refractivity contribution >= 4 is 23.9 Å². The summed E-state index contributed by atoms with van der Waals surface area (Å²) in [5.74, 6) is -1.39. The van der Waals surface area contributed by atoms with Crippen LogP contribution < -0.4 is 0 Å². The molecule has 0 aromatic rings. The van der Waals surface area contributed by atoms with Gasteiger partial charge >= 0.3 is 23.9 Å². The molecular formula is C25H36O7. The molecule has 0 aromatic heterocycles. The fraction of sp³-hybridized carbons (Fsp3) is 0.840. The van der Waals surface area contributed by atoms with E-state index >= 15 is 0 Å². The Morgan fingerprint density at radius 3 is 2.34 bits per heavy atom. The van der Waals surface area contributed by atoms with Gasteiger partial charge < -0.3 is 14.2 Å². The average molecular weight is 449 g/mol. The van der Waals surface area contributed by atoms with Crippen molar-refractivity contribution in [2.45, 2.75) is 91.3 Å². The fourth-order valence-corrected chi connectivity index (χ4v) is 7.14. The van der Waals surface area contributed by atoms with Crippen LogP contribution in [0.5, 0.6) is 0 Å². The first-order valence-corrected chi connectivity index (χ1v) is 11.9. The molecule has 178 valence electrons. The molecule has 2 aliphatic carbocycles. The molecule has 0 aromatic carbocycles. The van der Waals surface area contributed by atoms with Gasteiger partial charge in [0, 0.05) is 6.42 Å². The van der Waals surface area contributed by atoms with E-state index < -0.39 is 52.3 Å². The summed E-state index contributed by atoms with van der Waals surface area (Å²) in [6.45, 7) is 11.1. The largest absolute Gasteiger partial charge is 0.460 e. The zero-order valence-corrected chi connectivity index (χ0v) is 20.1. The van der Waals surface area contributed by atoms with Crippen LogP contribution in [0.15, 0.2) is 0 Å². The van der Waals surface area contributed by atoms with E-state index in [0.717, 1.165) is 12.8 Å². The van der Waals surface area contributed by atoms with Gasteiger partial charge in [0.2, 0.25) is 0 Å². The van der Waals surface area contributed by atoms with Gasteiger partial charge in [-0.2, -0.15) is 0 Å². The summed E-state index contributed by atoms with van der Waals surface area (Å²) in [5, 5.41) is 0. The number of hydrogen-bond donors (Lipinski definition) is 0. The summed E-state index contributed by atoms with van der Waals surface area (Å²) in [6, 6.07) is 0. The highest BCUT2D eigenvalue weighted by molar-refractivity contribution is 5.97. The van der Waals surface area contributed by atoms with Crippen LogP contribution in [-0.4, -0.2) is 35.1 Å². The molecule has 0 N–H and O–H groups in total. The molecule has 32 heavy (non-hydrogen) atoms. The Kier molecular flexibility index (Phi) is 5.49. The van der Waals surface area contributed by atoms with Crippen molar-refractivity contribution in [1.29, 1.82) is 0 Å². The lowest BCUT2D eigenvalue weighted by Gasteiger charge is -2.34. The molecule has 2 saturated carbocycles. The van der Waals surface area contributed by atoms with E-state index in [2.05, 4.69) is 6.92 Å². The number of fused-ring (bicyclic) bond motifs is 2. The molecular weight excluding hydrogens is 412 g/mol. The van der Waals surface area contributed by atoms with Gasteiger partial charge in [0.1, 0.15) is 11.2 Å². The molecule has 4 aliphatic rings. The van der Waals surface area contributed by atoms with Crippen molar-refractivity contribution < 1.29 is 33.4 Å². The highest BCUT2D eigenvalue weighted by Gasteiger charge is 2.61. The Hall–Kier alpha value is -1.92. The maximum atomic E-state index is 13.0. The summed E-state index contributed by atoms with van der Waals surface area (Å²) in [4.78, 5) is 50.8. The minimum atomic E-state index is -1.00. The Balaban J connectivity index is 1.50. The highest BCUT2D eigenvalue weighted by atomic mass is 16.6. The SMILES string of the molecule is CC1C2CCC(C2)C1C1C(=O)OC(=O)C1CC1(C)CC(C)(CC(=O)OC(C)(C)C)OC1=O. The van der Waals surface area contributed by atoms with Gasteiger partial charge in [-0.15, -0.1) is 0 Å². The van der Waals surface area contributed by atoms with Gasteiger partial charge in [0.15, 0.2) is 0 Å². The predicted octanol–water partition coefficient (Wildman–Crippen LogP) is 3.82. The van der Waals surface area contributed by atoms with Gasteiger partial charge in [-0.25, -0.2) is 0 Å². The van der Waals surface area contributed by atoms with Crippen molar-refractivity contribution in [3.63, 3.8) is 0 Å². The molecule has 0 amide bonds. The number of ether oxygens (including phenoxy) is 3. The molecule has 8 atom stereocenters. The molecule has 0 spiro atoms. The van der Waals surface area contributed by atoms with Crippen LogP contribution in [-0.2, 0) is 33.4 Å².